The van der Waals surface area contributed by atoms with E-state index in [0.29, 0.717) is 29.3 Å². The Kier molecular flexibility index (Phi) is 9.44. The summed E-state index contributed by atoms with van der Waals surface area (Å²) < 4.78 is 0. The van der Waals surface area contributed by atoms with Gasteiger partial charge in [0, 0.05) is 35.8 Å². The molecular weight excluding hydrogens is 482 g/mol. The number of nitrogens with one attached hydrogen (secondary N) is 1. The van der Waals surface area contributed by atoms with Crippen LogP contribution in [0.2, 0.25) is 0 Å². The maximum Gasteiger partial charge on any atom is 0.322 e. The Morgan fingerprint density at radius 2 is 1.50 bits per heavy atom. The van der Waals surface area contributed by atoms with Crippen LogP contribution in [0.25, 0.3) is 0 Å². The number of benzene rings is 2. The van der Waals surface area contributed by atoms with E-state index in [9.17, 15) is 19.2 Å². The number of carbonyl (C=O) groups is 4. The smallest absolute Gasteiger partial charge is 0.322 e. The topological polar surface area (TPSA) is 130 Å². The number of hydrogen-bond donors (Lipinski definition) is 3. The van der Waals surface area contributed by atoms with Gasteiger partial charge in [-0.15, -0.1) is 0 Å². The zero-order valence-electron chi connectivity index (χ0n) is 22.7. The van der Waals surface area contributed by atoms with Gasteiger partial charge in [-0.05, 0) is 73.8 Å². The number of ketones is 2. The zero-order valence-corrected chi connectivity index (χ0v) is 22.7. The molecule has 0 heterocycles. The van der Waals surface area contributed by atoms with Gasteiger partial charge in [-0.3, -0.25) is 14.4 Å². The number of carbonyl (C=O) groups excluding carboxylic acids is 3. The summed E-state index contributed by atoms with van der Waals surface area (Å²) in [7, 11) is 0. The Labute approximate surface area is 224 Å². The van der Waals surface area contributed by atoms with Gasteiger partial charge in [0.15, 0.2) is 11.6 Å². The van der Waals surface area contributed by atoms with E-state index in [1.165, 1.54) is 6.92 Å². The number of hydrogen-bond acceptors (Lipinski definition) is 5. The normalized spacial score (nSPS) is 18.3. The summed E-state index contributed by atoms with van der Waals surface area (Å²) in [5.74, 6) is -0.985. The Balaban J connectivity index is 1.76. The third-order valence-corrected chi connectivity index (χ3v) is 7.52. The molecule has 0 spiro atoms. The van der Waals surface area contributed by atoms with Crippen molar-refractivity contribution in [1.29, 1.82) is 0 Å². The van der Waals surface area contributed by atoms with Gasteiger partial charge in [-0.25, -0.2) is 4.79 Å². The molecule has 8 nitrogen and oxygen atoms in total. The molecule has 3 rings (SSSR count). The Morgan fingerprint density at radius 3 is 2.00 bits per heavy atom. The minimum absolute atomic E-state index is 0.0352. The number of anilines is 1. The van der Waals surface area contributed by atoms with Crippen LogP contribution in [0.5, 0.6) is 0 Å². The fourth-order valence-electron chi connectivity index (χ4n) is 5.00. The molecule has 1 aliphatic carbocycles. The lowest BCUT2D eigenvalue weighted by molar-refractivity contribution is -0.138. The molecule has 1 saturated carbocycles. The highest BCUT2D eigenvalue weighted by Gasteiger charge is 2.33. The molecule has 204 valence electrons. The van der Waals surface area contributed by atoms with E-state index in [4.69, 9.17) is 10.8 Å². The molecule has 1 atom stereocenters. The number of Topliss-reactive ketones (excluding diaryl/α,β-unsaturated/α-hetero) is 2. The summed E-state index contributed by atoms with van der Waals surface area (Å²) in [4.78, 5) is 50.3. The van der Waals surface area contributed by atoms with Crippen molar-refractivity contribution in [2.45, 2.75) is 78.4 Å². The van der Waals surface area contributed by atoms with Crippen molar-refractivity contribution >= 4 is 29.3 Å². The molecule has 8 heteroatoms. The number of rotatable bonds is 9. The van der Waals surface area contributed by atoms with Crippen LogP contribution in [-0.4, -0.2) is 45.7 Å². The second-order valence-electron chi connectivity index (χ2n) is 11.3. The first-order valence-electron chi connectivity index (χ1n) is 13.1. The van der Waals surface area contributed by atoms with Crippen molar-refractivity contribution in [2.24, 2.45) is 17.1 Å². The molecule has 0 aliphatic heterocycles. The lowest BCUT2D eigenvalue weighted by Gasteiger charge is -2.41. The van der Waals surface area contributed by atoms with Gasteiger partial charge in [0.05, 0.1) is 0 Å². The first-order valence-corrected chi connectivity index (χ1v) is 13.1. The predicted octanol–water partition coefficient (Wildman–Crippen LogP) is 5.51. The SMILES string of the molecule is CC(=O)c1ccc(NC(=O)N(Cc2ccc(C(=O)CC(N)C(=O)O)cc2)C2CCC(C(C)(C)C)CC2)cc1. The standard InChI is InChI=1S/C30H39N3O5/c1-19(34)21-9-13-24(14-10-21)32-29(38)33(25-15-11-23(12-16-25)30(2,3)4)18-20-5-7-22(8-6-20)27(35)17-26(31)28(36)37/h5-10,13-14,23,25-26H,11-12,15-18,31H2,1-4H3,(H,32,38)(H,36,37). The maximum absolute atomic E-state index is 13.5. The minimum Gasteiger partial charge on any atom is -0.480 e. The Morgan fingerprint density at radius 1 is 0.947 bits per heavy atom. The van der Waals surface area contributed by atoms with Gasteiger partial charge in [-0.1, -0.05) is 45.0 Å². The number of carboxylic acids is 1. The molecule has 1 unspecified atom stereocenters. The summed E-state index contributed by atoms with van der Waals surface area (Å²) in [6.45, 7) is 8.66. The molecule has 4 N–H and O–H groups in total. The van der Waals surface area contributed by atoms with Crippen LogP contribution in [-0.2, 0) is 11.3 Å². The molecule has 2 aromatic rings. The van der Waals surface area contributed by atoms with Gasteiger partial charge >= 0.3 is 12.0 Å². The number of nitrogens with two attached hydrogens (primary N) is 1. The fourth-order valence-corrected chi connectivity index (χ4v) is 5.00. The van der Waals surface area contributed by atoms with E-state index in [1.807, 2.05) is 4.90 Å². The first kappa shape index (κ1) is 29.0. The van der Waals surface area contributed by atoms with Gasteiger partial charge in [0.25, 0.3) is 0 Å². The summed E-state index contributed by atoms with van der Waals surface area (Å²) in [6, 6.07) is 12.4. The summed E-state index contributed by atoms with van der Waals surface area (Å²) in [5, 5.41) is 11.9. The monoisotopic (exact) mass is 521 g/mol. The van der Waals surface area contributed by atoms with Gasteiger partial charge in [0.2, 0.25) is 0 Å². The molecule has 1 fully saturated rings. The number of amides is 2. The number of carboxylic acid groups (broad SMARTS) is 1. The average Bonchev–Trinajstić information content (AvgIpc) is 2.87. The Hall–Kier alpha value is -3.52. The lowest BCUT2D eigenvalue weighted by atomic mass is 9.71. The van der Waals surface area contributed by atoms with E-state index in [-0.39, 0.29) is 35.5 Å². The summed E-state index contributed by atoms with van der Waals surface area (Å²) >= 11 is 0. The van der Waals surface area contributed by atoms with Crippen LogP contribution < -0.4 is 11.1 Å². The lowest BCUT2D eigenvalue weighted by Crippen LogP contribution is -2.45. The third kappa shape index (κ3) is 7.74. The molecule has 2 amide bonds. The fraction of sp³-hybridized carbons (Fsp3) is 0.467. The van der Waals surface area contributed by atoms with Gasteiger partial charge in [0.1, 0.15) is 6.04 Å². The highest BCUT2D eigenvalue weighted by Crippen LogP contribution is 2.39. The number of urea groups is 1. The number of nitrogens with zero attached hydrogens (tertiary/aromatic N) is 1. The molecule has 0 aromatic heterocycles. The summed E-state index contributed by atoms with van der Waals surface area (Å²) in [6.07, 6.45) is 3.62. The number of aliphatic carboxylic acids is 1. The predicted molar refractivity (Wildman–Crippen MR) is 147 cm³/mol. The molecule has 2 aromatic carbocycles. The van der Waals surface area contributed by atoms with Gasteiger partial charge < -0.3 is 21.1 Å². The molecule has 0 saturated heterocycles. The third-order valence-electron chi connectivity index (χ3n) is 7.52. The van der Waals surface area contributed by atoms with E-state index < -0.39 is 12.0 Å². The van der Waals surface area contributed by atoms with Crippen LogP contribution in [0, 0.1) is 11.3 Å². The van der Waals surface area contributed by atoms with Crippen molar-refractivity contribution in [3.05, 3.63) is 65.2 Å². The molecule has 1 aliphatic rings. The van der Waals surface area contributed by atoms with Crippen LogP contribution in [0.3, 0.4) is 0 Å². The van der Waals surface area contributed by atoms with Crippen LogP contribution in [0.4, 0.5) is 10.5 Å². The molecular formula is C30H39N3O5. The van der Waals surface area contributed by atoms with Crippen LogP contribution >= 0.6 is 0 Å². The quantitative estimate of drug-likeness (QED) is 0.373. The van der Waals surface area contributed by atoms with Crippen molar-refractivity contribution in [3.8, 4) is 0 Å². The zero-order chi connectivity index (χ0) is 28.0. The summed E-state index contributed by atoms with van der Waals surface area (Å²) in [5.41, 5.74) is 8.17. The maximum atomic E-state index is 13.5. The average molecular weight is 522 g/mol. The van der Waals surface area contributed by atoms with E-state index in [2.05, 4.69) is 26.1 Å². The highest BCUT2D eigenvalue weighted by molar-refractivity contribution is 5.98. The van der Waals surface area contributed by atoms with E-state index in [1.54, 1.807) is 48.5 Å². The van der Waals surface area contributed by atoms with E-state index in [0.717, 1.165) is 31.2 Å². The minimum atomic E-state index is -1.24. The van der Waals surface area contributed by atoms with Crippen LogP contribution in [0.15, 0.2) is 48.5 Å². The largest absolute Gasteiger partial charge is 0.480 e. The first-order chi connectivity index (χ1) is 17.8. The van der Waals surface area contributed by atoms with Crippen molar-refractivity contribution in [1.82, 2.24) is 4.90 Å². The molecule has 0 radical (unpaired) electrons. The molecule has 38 heavy (non-hydrogen) atoms. The van der Waals surface area contributed by atoms with Crippen LogP contribution in [0.1, 0.15) is 86.1 Å². The second-order valence-corrected chi connectivity index (χ2v) is 11.3. The second kappa shape index (κ2) is 12.3. The van der Waals surface area contributed by atoms with Crippen molar-refractivity contribution in [2.75, 3.05) is 5.32 Å². The van der Waals surface area contributed by atoms with E-state index >= 15 is 0 Å². The van der Waals surface area contributed by atoms with Gasteiger partial charge in [-0.2, -0.15) is 0 Å². The van der Waals surface area contributed by atoms with Crippen molar-refractivity contribution < 1.29 is 24.3 Å². The Bertz CT molecular complexity index is 1140. The molecule has 0 bridgehead atoms. The van der Waals surface area contributed by atoms with Crippen molar-refractivity contribution in [3.63, 3.8) is 0 Å². The highest BCUT2D eigenvalue weighted by atomic mass is 16.4.